The summed E-state index contributed by atoms with van der Waals surface area (Å²) in [5.74, 6) is -1.68. The van der Waals surface area contributed by atoms with Gasteiger partial charge in [-0.2, -0.15) is 0 Å². The highest BCUT2D eigenvalue weighted by Crippen LogP contribution is 2.52. The number of halogens is 4. The minimum atomic E-state index is -1.72. The van der Waals surface area contributed by atoms with E-state index in [0.29, 0.717) is 45.5 Å². The number of hydrogen-bond donors (Lipinski definition) is 0. The third-order valence-corrected chi connectivity index (χ3v) is 13.8. The fraction of sp³-hybridized carbons (Fsp3) is 0.327. The van der Waals surface area contributed by atoms with Crippen LogP contribution in [-0.2, 0) is 32.2 Å². The molecule has 68 heavy (non-hydrogen) atoms. The molecule has 0 spiro atoms. The van der Waals surface area contributed by atoms with Crippen molar-refractivity contribution < 1.29 is 51.6 Å². The molecule has 6 aromatic rings. The Balaban J connectivity index is 1.21. The lowest BCUT2D eigenvalue weighted by molar-refractivity contribution is -0.133. The lowest BCUT2D eigenvalue weighted by atomic mass is 9.86. The van der Waals surface area contributed by atoms with Crippen molar-refractivity contribution in [2.24, 2.45) is 11.8 Å². The van der Waals surface area contributed by atoms with Crippen LogP contribution in [-0.4, -0.2) is 86.5 Å². The van der Waals surface area contributed by atoms with E-state index in [2.05, 4.69) is 0 Å². The van der Waals surface area contributed by atoms with Crippen LogP contribution in [0.25, 0.3) is 11.4 Å². The Hall–Kier alpha value is -6.85. The standard InChI is InChI=1S/C49H48Cl2F2N6O9/c1-27-45(60)58(25-29-9-13-33(63-5)23-39(29)65-7)41(43-54-17-19-56(43)31-11-15-37(52)35(50)21-31)48(27,3)67-47(62)68-49(4)28(2)46(61)59(26-30-10-14-34(64-6)24-40(30)66-8)42(49)44-55-18-20-57(44)32-12-16-38(53)36(51)22-32/h9-24,27-28,41-42H,25-26H2,1-8H3/t27?,28?,41-,42-,48-,49-/m1/s1. The van der Waals surface area contributed by atoms with Gasteiger partial charge in [0.25, 0.3) is 0 Å². The van der Waals surface area contributed by atoms with Crippen molar-refractivity contribution >= 4 is 41.2 Å². The van der Waals surface area contributed by atoms with Crippen molar-refractivity contribution in [1.29, 1.82) is 0 Å². The normalized spacial score (nSPS) is 22.4. The molecule has 2 unspecified atom stereocenters. The largest absolute Gasteiger partial charge is 0.509 e. The number of carbonyl (C=O) groups excluding carboxylic acids is 3. The SMILES string of the molecule is COc1ccc(CN2C(=O)C(C)[C@@](C)(OC(=O)O[C@]3(C)C(C)C(=O)N(Cc4ccc(OC)cc4OC)[C@@H]3c3nccn3-c3ccc(F)c(Cl)c3)[C@H]2c2nccn2-c2ccc(F)c(Cl)c2)c(OC)c1. The molecular weight excluding hydrogens is 925 g/mol. The molecule has 19 heteroatoms. The van der Waals surface area contributed by atoms with Gasteiger partial charge in [0, 0.05) is 59.4 Å². The van der Waals surface area contributed by atoms with E-state index in [0.717, 1.165) is 0 Å². The number of likely N-dealkylation sites (tertiary alicyclic amines) is 2. The molecule has 2 saturated heterocycles. The average molecular weight is 974 g/mol. The van der Waals surface area contributed by atoms with Gasteiger partial charge >= 0.3 is 6.16 Å². The van der Waals surface area contributed by atoms with Crippen molar-refractivity contribution in [1.82, 2.24) is 28.9 Å². The molecule has 0 N–H and O–H groups in total. The van der Waals surface area contributed by atoms with Gasteiger partial charge in [-0.25, -0.2) is 23.5 Å². The van der Waals surface area contributed by atoms with Gasteiger partial charge in [-0.3, -0.25) is 9.59 Å². The summed E-state index contributed by atoms with van der Waals surface area (Å²) >= 11 is 12.5. The second kappa shape index (κ2) is 18.7. The highest BCUT2D eigenvalue weighted by atomic mass is 35.5. The summed E-state index contributed by atoms with van der Waals surface area (Å²) in [4.78, 5) is 56.8. The Bertz CT molecular complexity index is 2720. The topological polar surface area (TPSA) is 149 Å². The summed E-state index contributed by atoms with van der Waals surface area (Å²) in [5, 5.41) is -0.294. The molecule has 8 rings (SSSR count). The second-order valence-corrected chi connectivity index (χ2v) is 17.7. The van der Waals surface area contributed by atoms with E-state index in [-0.39, 0.29) is 34.8 Å². The van der Waals surface area contributed by atoms with E-state index < -0.39 is 64.7 Å². The Morgan fingerprint density at radius 3 is 1.37 bits per heavy atom. The van der Waals surface area contributed by atoms with Gasteiger partial charge in [-0.1, -0.05) is 23.2 Å². The first-order chi connectivity index (χ1) is 32.5. The lowest BCUT2D eigenvalue weighted by Gasteiger charge is -2.38. The number of ether oxygens (including phenoxy) is 6. The highest BCUT2D eigenvalue weighted by molar-refractivity contribution is 6.31. The number of benzene rings is 4. The molecule has 4 heterocycles. The lowest BCUT2D eigenvalue weighted by Crippen LogP contribution is -2.47. The van der Waals surface area contributed by atoms with Crippen molar-refractivity contribution in [3.05, 3.63) is 142 Å². The minimum Gasteiger partial charge on any atom is -0.497 e. The maximum absolute atomic E-state index is 14.9. The number of hydrogen-bond acceptors (Lipinski definition) is 11. The first-order valence-corrected chi connectivity index (χ1v) is 22.2. The smallest absolute Gasteiger partial charge is 0.497 e. The fourth-order valence-corrected chi connectivity index (χ4v) is 9.56. The van der Waals surface area contributed by atoms with E-state index in [9.17, 15) is 23.2 Å². The summed E-state index contributed by atoms with van der Waals surface area (Å²) in [5.41, 5.74) is -1.40. The Morgan fingerprint density at radius 1 is 0.618 bits per heavy atom. The molecule has 0 saturated carbocycles. The molecule has 0 aliphatic carbocycles. The third kappa shape index (κ3) is 8.31. The maximum Gasteiger partial charge on any atom is 0.509 e. The predicted molar refractivity (Wildman–Crippen MR) is 245 cm³/mol. The number of aromatic nitrogens is 4. The summed E-state index contributed by atoms with van der Waals surface area (Å²) in [6.45, 7) is 6.43. The molecule has 2 aliphatic heterocycles. The zero-order valence-corrected chi connectivity index (χ0v) is 39.8. The van der Waals surface area contributed by atoms with Gasteiger partial charge in [0.15, 0.2) is 11.2 Å². The van der Waals surface area contributed by atoms with Crippen LogP contribution >= 0.6 is 23.2 Å². The van der Waals surface area contributed by atoms with E-state index in [4.69, 9.17) is 61.6 Å². The van der Waals surface area contributed by atoms with Gasteiger partial charge < -0.3 is 47.4 Å². The van der Waals surface area contributed by atoms with Crippen LogP contribution in [0.2, 0.25) is 10.0 Å². The first-order valence-electron chi connectivity index (χ1n) is 21.4. The fourth-order valence-electron chi connectivity index (χ4n) is 9.21. The van der Waals surface area contributed by atoms with Gasteiger partial charge in [0.1, 0.15) is 58.4 Å². The number of carbonyl (C=O) groups is 3. The van der Waals surface area contributed by atoms with Crippen molar-refractivity contribution in [2.75, 3.05) is 28.4 Å². The molecule has 0 radical (unpaired) electrons. The van der Waals surface area contributed by atoms with Gasteiger partial charge in [0.05, 0.1) is 63.4 Å². The summed E-state index contributed by atoms with van der Waals surface area (Å²) < 4.78 is 67.5. The molecule has 15 nitrogen and oxygen atoms in total. The Morgan fingerprint density at radius 2 is 1.01 bits per heavy atom. The molecule has 2 aliphatic rings. The molecule has 2 aromatic heterocycles. The second-order valence-electron chi connectivity index (χ2n) is 16.9. The number of rotatable bonds is 14. The number of amides is 2. The Kier molecular flexibility index (Phi) is 13.1. The van der Waals surface area contributed by atoms with Crippen molar-refractivity contribution in [2.45, 2.75) is 64.1 Å². The van der Waals surface area contributed by atoms with Crippen LogP contribution in [0.3, 0.4) is 0 Å². The Labute approximate surface area is 401 Å². The maximum atomic E-state index is 14.9. The van der Waals surface area contributed by atoms with Crippen molar-refractivity contribution in [3.63, 3.8) is 0 Å². The zero-order valence-electron chi connectivity index (χ0n) is 38.3. The van der Waals surface area contributed by atoms with E-state index in [1.807, 2.05) is 0 Å². The summed E-state index contributed by atoms with van der Waals surface area (Å²) in [6.07, 6.45) is 5.05. The van der Waals surface area contributed by atoms with Crippen LogP contribution in [0.5, 0.6) is 23.0 Å². The predicted octanol–water partition coefficient (Wildman–Crippen LogP) is 9.49. The first kappa shape index (κ1) is 47.6. The number of nitrogens with zero attached hydrogens (tertiary/aromatic N) is 6. The number of imidazole rings is 2. The van der Waals surface area contributed by atoms with Gasteiger partial charge in [0.2, 0.25) is 11.8 Å². The zero-order chi connectivity index (χ0) is 48.8. The molecule has 0 bridgehead atoms. The van der Waals surface area contributed by atoms with Gasteiger partial charge in [-0.15, -0.1) is 0 Å². The molecule has 2 fully saturated rings. The number of methoxy groups -OCH3 is 4. The summed E-state index contributed by atoms with van der Waals surface area (Å²) in [6, 6.07) is 16.4. The quantitative estimate of drug-likeness (QED) is 0.0962. The molecular formula is C49H48Cl2F2N6O9. The van der Waals surface area contributed by atoms with Gasteiger partial charge in [-0.05, 0) is 88.4 Å². The van der Waals surface area contributed by atoms with Crippen LogP contribution in [0.4, 0.5) is 13.6 Å². The van der Waals surface area contributed by atoms with E-state index >= 15 is 0 Å². The molecule has 2 amide bonds. The highest BCUT2D eigenvalue weighted by Gasteiger charge is 2.63. The molecule has 356 valence electrons. The average Bonchev–Trinajstić information content (AvgIpc) is 4.08. The molecule has 6 atom stereocenters. The van der Waals surface area contributed by atoms with Crippen LogP contribution in [0.1, 0.15) is 62.6 Å². The van der Waals surface area contributed by atoms with Crippen LogP contribution < -0.4 is 18.9 Å². The minimum absolute atomic E-state index is 0.0305. The molecule has 4 aromatic carbocycles. The third-order valence-electron chi connectivity index (χ3n) is 13.2. The van der Waals surface area contributed by atoms with Crippen LogP contribution in [0.15, 0.2) is 97.6 Å². The van der Waals surface area contributed by atoms with Crippen molar-refractivity contribution in [3.8, 4) is 34.4 Å². The summed E-state index contributed by atoms with van der Waals surface area (Å²) in [7, 11) is 6.04. The van der Waals surface area contributed by atoms with Crippen LogP contribution in [0, 0.1) is 23.5 Å². The van der Waals surface area contributed by atoms with E-state index in [1.165, 1.54) is 87.0 Å². The monoisotopic (exact) mass is 972 g/mol. The van der Waals surface area contributed by atoms with E-state index in [1.54, 1.807) is 85.6 Å².